The van der Waals surface area contributed by atoms with E-state index < -0.39 is 11.7 Å². The highest BCUT2D eigenvalue weighted by molar-refractivity contribution is 14.1. The zero-order chi connectivity index (χ0) is 14.2. The molecule has 2 aromatic rings. The van der Waals surface area contributed by atoms with E-state index in [4.69, 9.17) is 23.2 Å². The molecule has 1 aromatic heterocycles. The van der Waals surface area contributed by atoms with Gasteiger partial charge in [-0.2, -0.15) is 13.2 Å². The second kappa shape index (κ2) is 5.46. The summed E-state index contributed by atoms with van der Waals surface area (Å²) < 4.78 is 38.5. The number of hydrogen-bond donors (Lipinski definition) is 0. The zero-order valence-electron chi connectivity index (χ0n) is 9.10. The van der Waals surface area contributed by atoms with E-state index in [9.17, 15) is 13.2 Å². The molecule has 1 nitrogen and oxygen atoms in total. The van der Waals surface area contributed by atoms with E-state index in [1.807, 2.05) is 0 Å². The molecular weight excluding hydrogens is 413 g/mol. The van der Waals surface area contributed by atoms with Crippen LogP contribution in [-0.4, -0.2) is 4.98 Å². The molecule has 19 heavy (non-hydrogen) atoms. The number of nitrogens with zero attached hydrogens (tertiary/aromatic N) is 1. The van der Waals surface area contributed by atoms with Crippen LogP contribution in [0.25, 0.3) is 11.3 Å². The molecule has 0 saturated carbocycles. The third kappa shape index (κ3) is 3.14. The first kappa shape index (κ1) is 14.9. The molecule has 0 bridgehead atoms. The average molecular weight is 418 g/mol. The van der Waals surface area contributed by atoms with E-state index in [1.54, 1.807) is 34.7 Å². The van der Waals surface area contributed by atoms with Crippen LogP contribution in [0.1, 0.15) is 5.56 Å². The molecule has 0 aliphatic heterocycles. The lowest BCUT2D eigenvalue weighted by atomic mass is 10.1. The van der Waals surface area contributed by atoms with Crippen molar-refractivity contribution in [1.82, 2.24) is 4.98 Å². The molecule has 0 spiro atoms. The second-order valence-corrected chi connectivity index (χ2v) is 5.57. The minimum Gasteiger partial charge on any atom is -0.255 e. The summed E-state index contributed by atoms with van der Waals surface area (Å²) in [6.45, 7) is 0. The van der Waals surface area contributed by atoms with Gasteiger partial charge in [0.05, 0.1) is 19.9 Å². The number of rotatable bonds is 1. The van der Waals surface area contributed by atoms with Gasteiger partial charge in [-0.1, -0.05) is 23.2 Å². The molecule has 1 heterocycles. The fourth-order valence-corrected chi connectivity index (χ4v) is 2.95. The standard InChI is InChI=1S/C12H5Cl2F3IN/c13-6-1-2-7(9(14)5-6)11-10(18)8(3-4-19-11)12(15,16)17/h1-5H. The number of halogens is 6. The Hall–Kier alpha value is -0.530. The Morgan fingerprint density at radius 3 is 2.37 bits per heavy atom. The summed E-state index contributed by atoms with van der Waals surface area (Å²) in [4.78, 5) is 3.98. The lowest BCUT2D eigenvalue weighted by Crippen LogP contribution is -2.09. The molecule has 7 heteroatoms. The van der Waals surface area contributed by atoms with Crippen LogP contribution in [0.3, 0.4) is 0 Å². The van der Waals surface area contributed by atoms with E-state index in [0.717, 1.165) is 12.3 Å². The molecule has 0 aliphatic carbocycles. The zero-order valence-corrected chi connectivity index (χ0v) is 12.8. The summed E-state index contributed by atoms with van der Waals surface area (Å²) in [6.07, 6.45) is -3.31. The maximum atomic E-state index is 12.8. The number of alkyl halides is 3. The third-order valence-corrected chi connectivity index (χ3v) is 4.02. The largest absolute Gasteiger partial charge is 0.417 e. The SMILES string of the molecule is FC(F)(F)c1ccnc(-c2ccc(Cl)cc2Cl)c1I. The topological polar surface area (TPSA) is 12.9 Å². The summed E-state index contributed by atoms with van der Waals surface area (Å²) >= 11 is 13.4. The Bertz CT molecular complexity index is 629. The van der Waals surface area contributed by atoms with Crippen LogP contribution in [0.4, 0.5) is 13.2 Å². The minimum absolute atomic E-state index is 0.0109. The molecule has 0 amide bonds. The monoisotopic (exact) mass is 417 g/mol. The molecule has 1 aromatic carbocycles. The lowest BCUT2D eigenvalue weighted by Gasteiger charge is -2.12. The fourth-order valence-electron chi connectivity index (χ4n) is 1.53. The molecular formula is C12H5Cl2F3IN. The minimum atomic E-state index is -4.42. The first-order valence-electron chi connectivity index (χ1n) is 4.98. The smallest absolute Gasteiger partial charge is 0.255 e. The van der Waals surface area contributed by atoms with Crippen molar-refractivity contribution in [2.75, 3.05) is 0 Å². The summed E-state index contributed by atoms with van der Waals surface area (Å²) in [5, 5.41) is 0.674. The van der Waals surface area contributed by atoms with Gasteiger partial charge in [0.1, 0.15) is 0 Å². The second-order valence-electron chi connectivity index (χ2n) is 3.64. The van der Waals surface area contributed by atoms with Crippen molar-refractivity contribution in [3.63, 3.8) is 0 Å². The van der Waals surface area contributed by atoms with Gasteiger partial charge in [-0.25, -0.2) is 0 Å². The highest BCUT2D eigenvalue weighted by Crippen LogP contribution is 2.38. The van der Waals surface area contributed by atoms with Gasteiger partial charge in [-0.05, 0) is 46.9 Å². The van der Waals surface area contributed by atoms with Gasteiger partial charge in [-0.3, -0.25) is 4.98 Å². The quantitative estimate of drug-likeness (QED) is 0.544. The molecule has 0 aliphatic rings. The van der Waals surface area contributed by atoms with E-state index >= 15 is 0 Å². The highest BCUT2D eigenvalue weighted by atomic mass is 127. The Labute approximate surface area is 130 Å². The van der Waals surface area contributed by atoms with Crippen LogP contribution < -0.4 is 0 Å². The van der Waals surface area contributed by atoms with Gasteiger partial charge in [0.2, 0.25) is 0 Å². The van der Waals surface area contributed by atoms with Crippen molar-refractivity contribution >= 4 is 45.8 Å². The normalized spacial score (nSPS) is 11.7. The van der Waals surface area contributed by atoms with Crippen LogP contribution in [0, 0.1) is 3.57 Å². The van der Waals surface area contributed by atoms with Crippen molar-refractivity contribution in [3.8, 4) is 11.3 Å². The van der Waals surface area contributed by atoms with Crippen LogP contribution in [0.5, 0.6) is 0 Å². The van der Waals surface area contributed by atoms with Gasteiger partial charge in [0.15, 0.2) is 0 Å². The Balaban J connectivity index is 2.64. The van der Waals surface area contributed by atoms with Gasteiger partial charge in [-0.15, -0.1) is 0 Å². The Kier molecular flexibility index (Phi) is 4.27. The molecule has 100 valence electrons. The molecule has 0 unspecified atom stereocenters. The van der Waals surface area contributed by atoms with Crippen LogP contribution in [-0.2, 0) is 6.18 Å². The lowest BCUT2D eigenvalue weighted by molar-refractivity contribution is -0.138. The van der Waals surface area contributed by atoms with Gasteiger partial charge < -0.3 is 0 Å². The molecule has 0 fully saturated rings. The maximum absolute atomic E-state index is 12.8. The van der Waals surface area contributed by atoms with Crippen LogP contribution in [0.2, 0.25) is 10.0 Å². The molecule has 0 radical (unpaired) electrons. The van der Waals surface area contributed by atoms with Gasteiger partial charge >= 0.3 is 6.18 Å². The molecule has 2 rings (SSSR count). The van der Waals surface area contributed by atoms with Crippen molar-refractivity contribution in [3.05, 3.63) is 49.6 Å². The predicted molar refractivity (Wildman–Crippen MR) is 77.4 cm³/mol. The highest BCUT2D eigenvalue weighted by Gasteiger charge is 2.34. The number of hydrogen-bond acceptors (Lipinski definition) is 1. The number of benzene rings is 1. The Morgan fingerprint density at radius 1 is 1.11 bits per heavy atom. The van der Waals surface area contributed by atoms with Crippen molar-refractivity contribution < 1.29 is 13.2 Å². The van der Waals surface area contributed by atoms with Crippen molar-refractivity contribution in [2.24, 2.45) is 0 Å². The maximum Gasteiger partial charge on any atom is 0.417 e. The predicted octanol–water partition coefficient (Wildman–Crippen LogP) is 5.68. The van der Waals surface area contributed by atoms with Crippen molar-refractivity contribution in [2.45, 2.75) is 6.18 Å². The van der Waals surface area contributed by atoms with Crippen LogP contribution in [0.15, 0.2) is 30.5 Å². The van der Waals surface area contributed by atoms with Gasteiger partial charge in [0.25, 0.3) is 0 Å². The summed E-state index contributed by atoms with van der Waals surface area (Å²) in [7, 11) is 0. The molecule has 0 N–H and O–H groups in total. The van der Waals surface area contributed by atoms with E-state index in [0.29, 0.717) is 10.6 Å². The van der Waals surface area contributed by atoms with Crippen molar-refractivity contribution in [1.29, 1.82) is 0 Å². The average Bonchev–Trinajstić information content (AvgIpc) is 2.28. The summed E-state index contributed by atoms with van der Waals surface area (Å²) in [5.41, 5.74) is -0.122. The number of aromatic nitrogens is 1. The van der Waals surface area contributed by atoms with E-state index in [-0.39, 0.29) is 14.3 Å². The summed E-state index contributed by atoms with van der Waals surface area (Å²) in [5.74, 6) is 0. The molecule has 0 atom stereocenters. The van der Waals surface area contributed by atoms with Crippen LogP contribution >= 0.6 is 45.8 Å². The van der Waals surface area contributed by atoms with E-state index in [2.05, 4.69) is 4.98 Å². The fraction of sp³-hybridized carbons (Fsp3) is 0.0833. The third-order valence-electron chi connectivity index (χ3n) is 2.38. The Morgan fingerprint density at radius 2 is 1.79 bits per heavy atom. The first-order valence-corrected chi connectivity index (χ1v) is 6.81. The summed E-state index contributed by atoms with van der Waals surface area (Å²) in [6, 6.07) is 5.52. The van der Waals surface area contributed by atoms with Gasteiger partial charge in [0, 0.05) is 16.8 Å². The molecule has 0 saturated heterocycles. The first-order chi connectivity index (χ1) is 8.80. The number of pyridine rings is 1. The van der Waals surface area contributed by atoms with E-state index in [1.165, 1.54) is 6.07 Å².